The van der Waals surface area contributed by atoms with Crippen LogP contribution >= 0.6 is 0 Å². The van der Waals surface area contributed by atoms with Crippen molar-refractivity contribution < 1.29 is 9.90 Å². The maximum absolute atomic E-state index is 11.9. The molecule has 1 aliphatic heterocycles. The fourth-order valence-electron chi connectivity index (χ4n) is 2.34. The van der Waals surface area contributed by atoms with E-state index in [0.29, 0.717) is 11.6 Å². The van der Waals surface area contributed by atoms with Crippen molar-refractivity contribution >= 4 is 11.6 Å². The Hall–Kier alpha value is -1.62. The number of hydrogen-bond donors (Lipinski definition) is 1. The van der Waals surface area contributed by atoms with Crippen LogP contribution in [-0.4, -0.2) is 54.7 Å². The summed E-state index contributed by atoms with van der Waals surface area (Å²) in [5.41, 5.74) is 1.52. The first-order chi connectivity index (χ1) is 9.11. The van der Waals surface area contributed by atoms with E-state index in [1.807, 2.05) is 12.1 Å². The summed E-state index contributed by atoms with van der Waals surface area (Å²) in [7, 11) is 3.45. The molecule has 1 amide bonds. The Morgan fingerprint density at radius 3 is 2.74 bits per heavy atom. The van der Waals surface area contributed by atoms with Crippen molar-refractivity contribution in [3.05, 3.63) is 24.0 Å². The lowest BCUT2D eigenvalue weighted by Gasteiger charge is -2.33. The number of nitrogens with zero attached hydrogens (tertiary/aromatic N) is 3. The molecule has 0 atom stereocenters. The van der Waals surface area contributed by atoms with Crippen LogP contribution < -0.4 is 4.90 Å². The predicted molar refractivity (Wildman–Crippen MR) is 74.3 cm³/mol. The smallest absolute Gasteiger partial charge is 0.272 e. The lowest BCUT2D eigenvalue weighted by molar-refractivity contribution is 0.0822. The summed E-state index contributed by atoms with van der Waals surface area (Å²) in [4.78, 5) is 19.8. The van der Waals surface area contributed by atoms with Gasteiger partial charge in [0.05, 0.1) is 0 Å². The number of hydrogen-bond acceptors (Lipinski definition) is 4. The van der Waals surface area contributed by atoms with Crippen molar-refractivity contribution in [1.82, 2.24) is 9.88 Å². The standard InChI is InChI=1S/C14H21N3O2/c1-16(2)14(19)13-9-12(3-6-15-13)17-7-4-11(10-18)5-8-17/h3,6,9,11,18H,4-5,7-8,10H2,1-2H3. The van der Waals surface area contributed by atoms with Crippen molar-refractivity contribution in [3.8, 4) is 0 Å². The minimum atomic E-state index is -0.0768. The fourth-order valence-corrected chi connectivity index (χ4v) is 2.34. The topological polar surface area (TPSA) is 56.7 Å². The molecular formula is C14H21N3O2. The van der Waals surface area contributed by atoms with Gasteiger partial charge in [-0.25, -0.2) is 0 Å². The highest BCUT2D eigenvalue weighted by atomic mass is 16.3. The number of carbonyl (C=O) groups is 1. The minimum Gasteiger partial charge on any atom is -0.396 e. The van der Waals surface area contributed by atoms with E-state index in [1.54, 1.807) is 20.3 Å². The van der Waals surface area contributed by atoms with Gasteiger partial charge in [0.15, 0.2) is 0 Å². The number of aliphatic hydroxyl groups excluding tert-OH is 1. The number of carbonyl (C=O) groups excluding carboxylic acids is 1. The van der Waals surface area contributed by atoms with Gasteiger partial charge in [-0.2, -0.15) is 0 Å². The van der Waals surface area contributed by atoms with Crippen LogP contribution in [0.3, 0.4) is 0 Å². The van der Waals surface area contributed by atoms with E-state index < -0.39 is 0 Å². The number of rotatable bonds is 3. The lowest BCUT2D eigenvalue weighted by Crippen LogP contribution is -2.35. The van der Waals surface area contributed by atoms with Crippen LogP contribution in [0.15, 0.2) is 18.3 Å². The number of aliphatic hydroxyl groups is 1. The predicted octanol–water partition coefficient (Wildman–Crippen LogP) is 0.992. The zero-order chi connectivity index (χ0) is 13.8. The number of amides is 1. The first-order valence-corrected chi connectivity index (χ1v) is 6.65. The van der Waals surface area contributed by atoms with Crippen LogP contribution in [0.25, 0.3) is 0 Å². The quantitative estimate of drug-likeness (QED) is 0.883. The Kier molecular flexibility index (Phi) is 4.37. The normalized spacial score (nSPS) is 16.5. The summed E-state index contributed by atoms with van der Waals surface area (Å²) in [5.74, 6) is 0.341. The van der Waals surface area contributed by atoms with Gasteiger partial charge in [-0.3, -0.25) is 9.78 Å². The van der Waals surface area contributed by atoms with Gasteiger partial charge in [0.1, 0.15) is 5.69 Å². The second-order valence-electron chi connectivity index (χ2n) is 5.21. The van der Waals surface area contributed by atoms with Crippen LogP contribution in [-0.2, 0) is 0 Å². The van der Waals surface area contributed by atoms with Crippen molar-refractivity contribution in [2.75, 3.05) is 38.7 Å². The number of anilines is 1. The molecule has 1 aromatic rings. The largest absolute Gasteiger partial charge is 0.396 e. The highest BCUT2D eigenvalue weighted by molar-refractivity contribution is 5.92. The molecule has 0 radical (unpaired) electrons. The summed E-state index contributed by atoms with van der Waals surface area (Å²) >= 11 is 0. The van der Waals surface area contributed by atoms with E-state index in [1.165, 1.54) is 4.90 Å². The summed E-state index contributed by atoms with van der Waals surface area (Å²) in [6, 6.07) is 3.79. The van der Waals surface area contributed by atoms with Gasteiger partial charge in [0.25, 0.3) is 5.91 Å². The highest BCUT2D eigenvalue weighted by Gasteiger charge is 2.19. The van der Waals surface area contributed by atoms with E-state index in [0.717, 1.165) is 31.6 Å². The first-order valence-electron chi connectivity index (χ1n) is 6.65. The molecule has 5 heteroatoms. The molecule has 5 nitrogen and oxygen atoms in total. The van der Waals surface area contributed by atoms with E-state index in [4.69, 9.17) is 5.11 Å². The Balaban J connectivity index is 2.09. The van der Waals surface area contributed by atoms with Gasteiger partial charge in [-0.1, -0.05) is 0 Å². The minimum absolute atomic E-state index is 0.0768. The molecule has 19 heavy (non-hydrogen) atoms. The monoisotopic (exact) mass is 263 g/mol. The van der Waals surface area contributed by atoms with Crippen molar-refractivity contribution in [2.24, 2.45) is 5.92 Å². The second-order valence-corrected chi connectivity index (χ2v) is 5.21. The lowest BCUT2D eigenvalue weighted by atomic mass is 9.97. The van der Waals surface area contributed by atoms with E-state index in [9.17, 15) is 4.79 Å². The molecule has 1 aromatic heterocycles. The molecule has 0 spiro atoms. The van der Waals surface area contributed by atoms with Crippen molar-refractivity contribution in [1.29, 1.82) is 0 Å². The van der Waals surface area contributed by atoms with E-state index >= 15 is 0 Å². The molecule has 1 saturated heterocycles. The number of piperidine rings is 1. The van der Waals surface area contributed by atoms with E-state index in [2.05, 4.69) is 9.88 Å². The first kappa shape index (κ1) is 13.8. The van der Waals surface area contributed by atoms with Gasteiger partial charge in [-0.05, 0) is 30.9 Å². The molecule has 1 aliphatic rings. The van der Waals surface area contributed by atoms with E-state index in [-0.39, 0.29) is 12.5 Å². The molecule has 0 aromatic carbocycles. The number of pyridine rings is 1. The Morgan fingerprint density at radius 2 is 2.16 bits per heavy atom. The zero-order valence-electron chi connectivity index (χ0n) is 11.5. The molecular weight excluding hydrogens is 242 g/mol. The molecule has 1 N–H and O–H groups in total. The number of aromatic nitrogens is 1. The van der Waals surface area contributed by atoms with Crippen molar-refractivity contribution in [2.45, 2.75) is 12.8 Å². The summed E-state index contributed by atoms with van der Waals surface area (Å²) in [6.07, 6.45) is 3.68. The Bertz CT molecular complexity index is 440. The van der Waals surface area contributed by atoms with Crippen molar-refractivity contribution in [3.63, 3.8) is 0 Å². The zero-order valence-corrected chi connectivity index (χ0v) is 11.5. The molecule has 2 heterocycles. The molecule has 0 aliphatic carbocycles. The van der Waals surface area contributed by atoms with Gasteiger partial charge < -0.3 is 14.9 Å². The van der Waals surface area contributed by atoms with Gasteiger partial charge in [-0.15, -0.1) is 0 Å². The average molecular weight is 263 g/mol. The molecule has 0 saturated carbocycles. The SMILES string of the molecule is CN(C)C(=O)c1cc(N2CCC(CO)CC2)ccn1. The summed E-state index contributed by atoms with van der Waals surface area (Å²) < 4.78 is 0. The molecule has 0 unspecified atom stereocenters. The Labute approximate surface area is 113 Å². The summed E-state index contributed by atoms with van der Waals surface area (Å²) in [5, 5.41) is 9.15. The van der Waals surface area contributed by atoms with Gasteiger partial charge >= 0.3 is 0 Å². The molecule has 104 valence electrons. The van der Waals surface area contributed by atoms with Crippen LogP contribution in [0.4, 0.5) is 5.69 Å². The average Bonchev–Trinajstić information content (AvgIpc) is 2.46. The summed E-state index contributed by atoms with van der Waals surface area (Å²) in [6.45, 7) is 2.12. The van der Waals surface area contributed by atoms with Gasteiger partial charge in [0.2, 0.25) is 0 Å². The fraction of sp³-hybridized carbons (Fsp3) is 0.571. The molecule has 0 bridgehead atoms. The second kappa shape index (κ2) is 6.02. The third-order valence-electron chi connectivity index (χ3n) is 3.61. The van der Waals surface area contributed by atoms with Crippen LogP contribution in [0, 0.1) is 5.92 Å². The maximum Gasteiger partial charge on any atom is 0.272 e. The molecule has 1 fully saturated rings. The Morgan fingerprint density at radius 1 is 1.47 bits per heavy atom. The third-order valence-corrected chi connectivity index (χ3v) is 3.61. The van der Waals surface area contributed by atoms with Crippen LogP contribution in [0.5, 0.6) is 0 Å². The van der Waals surface area contributed by atoms with Crippen LogP contribution in [0.1, 0.15) is 23.3 Å². The molecule has 2 rings (SSSR count). The third kappa shape index (κ3) is 3.23. The highest BCUT2D eigenvalue weighted by Crippen LogP contribution is 2.23. The van der Waals surface area contributed by atoms with Crippen LogP contribution in [0.2, 0.25) is 0 Å². The van der Waals surface area contributed by atoms with Gasteiger partial charge in [0, 0.05) is 45.7 Å². The maximum atomic E-state index is 11.9.